The third-order valence-electron chi connectivity index (χ3n) is 2.01. The van der Waals surface area contributed by atoms with Gasteiger partial charge < -0.3 is 5.11 Å². The van der Waals surface area contributed by atoms with Crippen LogP contribution in [0.3, 0.4) is 0 Å². The monoisotopic (exact) mass is 256 g/mol. The van der Waals surface area contributed by atoms with E-state index in [1.165, 1.54) is 31.2 Å². The third kappa shape index (κ3) is 3.99. The minimum atomic E-state index is -3.66. The molecule has 0 aromatic heterocycles. The van der Waals surface area contributed by atoms with Crippen molar-refractivity contribution in [2.45, 2.75) is 18.2 Å². The van der Waals surface area contributed by atoms with Crippen molar-refractivity contribution in [2.24, 2.45) is 0 Å². The Hall–Kier alpha value is -1.69. The molecule has 0 atom stereocenters. The van der Waals surface area contributed by atoms with Crippen molar-refractivity contribution >= 4 is 21.6 Å². The van der Waals surface area contributed by atoms with E-state index in [0.717, 1.165) is 0 Å². The first-order valence-corrected chi connectivity index (χ1v) is 6.49. The summed E-state index contributed by atoms with van der Waals surface area (Å²) in [7, 11) is -3.66. The van der Waals surface area contributed by atoms with Crippen LogP contribution in [-0.2, 0) is 25.8 Å². The predicted molar refractivity (Wildman–Crippen MR) is 60.5 cm³/mol. The smallest absolute Gasteiger partial charge is 0.307 e. The second-order valence-corrected chi connectivity index (χ2v) is 5.67. The molecule has 1 aromatic carbocycles. The van der Waals surface area contributed by atoms with Gasteiger partial charge in [-0.2, -0.15) is 0 Å². The van der Waals surface area contributed by atoms with Crippen molar-refractivity contribution in [3.8, 4) is 0 Å². The molecule has 0 aliphatic carbocycles. The van der Waals surface area contributed by atoms with Gasteiger partial charge in [0.1, 0.15) is 11.5 Å². The van der Waals surface area contributed by atoms with Gasteiger partial charge in [-0.1, -0.05) is 12.1 Å². The summed E-state index contributed by atoms with van der Waals surface area (Å²) in [4.78, 5) is 21.3. The summed E-state index contributed by atoms with van der Waals surface area (Å²) in [6.07, 6.45) is -0.247. The first-order valence-electron chi connectivity index (χ1n) is 4.84. The number of ketones is 1. The standard InChI is InChI=1S/C11H12O5S/c1-8(12)7-17(15,16)10-4-2-3-9(5-10)6-11(13)14/h2-5H,6-7H2,1H3,(H,13,14). The van der Waals surface area contributed by atoms with Crippen molar-refractivity contribution in [1.29, 1.82) is 0 Å². The van der Waals surface area contributed by atoms with Crippen LogP contribution >= 0.6 is 0 Å². The number of benzene rings is 1. The zero-order chi connectivity index (χ0) is 13.1. The molecule has 6 heteroatoms. The van der Waals surface area contributed by atoms with Gasteiger partial charge in [0.2, 0.25) is 0 Å². The average Bonchev–Trinajstić information content (AvgIpc) is 2.15. The predicted octanol–water partition coefficient (Wildman–Crippen LogP) is 0.676. The number of carboxylic acids is 1. The number of carbonyl (C=O) groups excluding carboxylic acids is 1. The zero-order valence-corrected chi connectivity index (χ0v) is 10.0. The van der Waals surface area contributed by atoms with Crippen LogP contribution in [0.25, 0.3) is 0 Å². The zero-order valence-electron chi connectivity index (χ0n) is 9.21. The number of sulfone groups is 1. The van der Waals surface area contributed by atoms with E-state index in [9.17, 15) is 18.0 Å². The fourth-order valence-electron chi connectivity index (χ4n) is 1.37. The largest absolute Gasteiger partial charge is 0.481 e. The van der Waals surface area contributed by atoms with Gasteiger partial charge in [0.15, 0.2) is 9.84 Å². The van der Waals surface area contributed by atoms with E-state index in [1.807, 2.05) is 0 Å². The Kier molecular flexibility index (Phi) is 4.01. The van der Waals surface area contributed by atoms with Crippen LogP contribution in [0.1, 0.15) is 12.5 Å². The Balaban J connectivity index is 3.07. The molecule has 17 heavy (non-hydrogen) atoms. The van der Waals surface area contributed by atoms with E-state index >= 15 is 0 Å². The molecule has 0 heterocycles. The first-order chi connectivity index (χ1) is 7.81. The molecule has 0 saturated carbocycles. The number of aliphatic carboxylic acids is 1. The Bertz CT molecular complexity index is 545. The lowest BCUT2D eigenvalue weighted by Gasteiger charge is -2.04. The van der Waals surface area contributed by atoms with Crippen LogP contribution < -0.4 is 0 Å². The van der Waals surface area contributed by atoms with Crippen LogP contribution in [0.4, 0.5) is 0 Å². The minimum absolute atomic E-state index is 0.0218. The van der Waals surface area contributed by atoms with Crippen molar-refractivity contribution < 1.29 is 23.1 Å². The van der Waals surface area contributed by atoms with Crippen LogP contribution in [0.15, 0.2) is 29.2 Å². The van der Waals surface area contributed by atoms with Crippen LogP contribution in [0.2, 0.25) is 0 Å². The molecule has 0 aliphatic heterocycles. The van der Waals surface area contributed by atoms with Gasteiger partial charge in [0.25, 0.3) is 0 Å². The summed E-state index contributed by atoms with van der Waals surface area (Å²) < 4.78 is 23.4. The molecule has 92 valence electrons. The fourth-order valence-corrected chi connectivity index (χ4v) is 2.69. The molecular formula is C11H12O5S. The molecule has 1 rings (SSSR count). The Labute approximate surface area is 99.0 Å². The lowest BCUT2D eigenvalue weighted by molar-refractivity contribution is -0.136. The number of hydrogen-bond donors (Lipinski definition) is 1. The van der Waals surface area contributed by atoms with E-state index in [0.29, 0.717) is 5.56 Å². The van der Waals surface area contributed by atoms with Gasteiger partial charge in [-0.25, -0.2) is 8.42 Å². The molecule has 0 radical (unpaired) electrons. The fraction of sp³-hybridized carbons (Fsp3) is 0.273. The summed E-state index contributed by atoms with van der Waals surface area (Å²) in [6.45, 7) is 1.19. The quantitative estimate of drug-likeness (QED) is 0.836. The maximum atomic E-state index is 11.7. The number of rotatable bonds is 5. The molecule has 0 bridgehead atoms. The van der Waals surface area contributed by atoms with Crippen LogP contribution in [-0.4, -0.2) is 31.0 Å². The van der Waals surface area contributed by atoms with Gasteiger partial charge in [0.05, 0.1) is 11.3 Å². The van der Waals surface area contributed by atoms with Crippen molar-refractivity contribution in [3.63, 3.8) is 0 Å². The van der Waals surface area contributed by atoms with Gasteiger partial charge in [-0.15, -0.1) is 0 Å². The third-order valence-corrected chi connectivity index (χ3v) is 3.76. The van der Waals surface area contributed by atoms with E-state index in [2.05, 4.69) is 0 Å². The van der Waals surface area contributed by atoms with E-state index in [4.69, 9.17) is 5.11 Å². The summed E-state index contributed by atoms with van der Waals surface area (Å²) in [5, 5.41) is 8.60. The lowest BCUT2D eigenvalue weighted by atomic mass is 10.2. The van der Waals surface area contributed by atoms with Crippen LogP contribution in [0, 0.1) is 0 Å². The SMILES string of the molecule is CC(=O)CS(=O)(=O)c1cccc(CC(=O)O)c1. The molecule has 1 aromatic rings. The highest BCUT2D eigenvalue weighted by Gasteiger charge is 2.17. The van der Waals surface area contributed by atoms with Crippen molar-refractivity contribution in [2.75, 3.05) is 5.75 Å². The molecule has 0 fully saturated rings. The summed E-state index contributed by atoms with van der Waals surface area (Å²) >= 11 is 0. The Morgan fingerprint density at radius 2 is 1.94 bits per heavy atom. The summed E-state index contributed by atoms with van der Waals surface area (Å²) in [5.74, 6) is -2.05. The molecular weight excluding hydrogens is 244 g/mol. The first kappa shape index (κ1) is 13.4. The van der Waals surface area contributed by atoms with E-state index < -0.39 is 27.3 Å². The van der Waals surface area contributed by atoms with Gasteiger partial charge >= 0.3 is 5.97 Å². The Morgan fingerprint density at radius 3 is 2.47 bits per heavy atom. The maximum absolute atomic E-state index is 11.7. The number of carboxylic acid groups (broad SMARTS) is 1. The number of Topliss-reactive ketones (excluding diaryl/α,β-unsaturated/α-hetero) is 1. The highest BCUT2D eigenvalue weighted by molar-refractivity contribution is 7.92. The molecule has 0 unspecified atom stereocenters. The summed E-state index contributed by atoms with van der Waals surface area (Å²) in [5.41, 5.74) is 0.391. The molecule has 0 spiro atoms. The molecule has 0 amide bonds. The van der Waals surface area contributed by atoms with Gasteiger partial charge in [0, 0.05) is 0 Å². The average molecular weight is 256 g/mol. The number of hydrogen-bond acceptors (Lipinski definition) is 4. The summed E-state index contributed by atoms with van der Waals surface area (Å²) in [6, 6.07) is 5.63. The molecule has 0 saturated heterocycles. The highest BCUT2D eigenvalue weighted by Crippen LogP contribution is 2.14. The topological polar surface area (TPSA) is 88.5 Å². The lowest BCUT2D eigenvalue weighted by Crippen LogP contribution is -2.13. The normalized spacial score (nSPS) is 11.1. The van der Waals surface area contributed by atoms with Crippen LogP contribution in [0.5, 0.6) is 0 Å². The second kappa shape index (κ2) is 5.09. The van der Waals surface area contributed by atoms with Gasteiger partial charge in [-0.3, -0.25) is 9.59 Å². The number of carbonyl (C=O) groups is 2. The van der Waals surface area contributed by atoms with Gasteiger partial charge in [-0.05, 0) is 24.6 Å². The van der Waals surface area contributed by atoms with E-state index in [1.54, 1.807) is 0 Å². The maximum Gasteiger partial charge on any atom is 0.307 e. The van der Waals surface area contributed by atoms with E-state index in [-0.39, 0.29) is 11.3 Å². The highest BCUT2D eigenvalue weighted by atomic mass is 32.2. The van der Waals surface area contributed by atoms with Crippen molar-refractivity contribution in [3.05, 3.63) is 29.8 Å². The second-order valence-electron chi connectivity index (χ2n) is 3.68. The Morgan fingerprint density at radius 1 is 1.29 bits per heavy atom. The molecule has 0 aliphatic rings. The van der Waals surface area contributed by atoms with Crippen molar-refractivity contribution in [1.82, 2.24) is 0 Å². The molecule has 5 nitrogen and oxygen atoms in total. The molecule has 1 N–H and O–H groups in total. The minimum Gasteiger partial charge on any atom is -0.481 e.